The summed E-state index contributed by atoms with van der Waals surface area (Å²) in [5.41, 5.74) is 3.88. The summed E-state index contributed by atoms with van der Waals surface area (Å²) < 4.78 is 9.66. The third-order valence-electron chi connectivity index (χ3n) is 9.50. The maximum atomic E-state index is 14.1. The molecule has 3 heterocycles. The summed E-state index contributed by atoms with van der Waals surface area (Å²) in [6, 6.07) is 31.8. The van der Waals surface area contributed by atoms with Gasteiger partial charge in [-0.2, -0.15) is 0 Å². The Morgan fingerprint density at radius 2 is 1.35 bits per heavy atom. The summed E-state index contributed by atoms with van der Waals surface area (Å²) in [7, 11) is -2.57. The quantitative estimate of drug-likeness (QED) is 0.102. The van der Waals surface area contributed by atoms with Crippen LogP contribution in [0.4, 0.5) is 0 Å². The number of allylic oxidation sites excluding steroid dienone is 5. The van der Waals surface area contributed by atoms with Gasteiger partial charge >= 0.3 is 318 Å². The molecule has 0 radical (unpaired) electrons. The van der Waals surface area contributed by atoms with E-state index < -0.39 is 7.26 Å². The first kappa shape index (κ1) is 36.6. The van der Waals surface area contributed by atoms with Gasteiger partial charge in [0.25, 0.3) is 0 Å². The van der Waals surface area contributed by atoms with E-state index in [4.69, 9.17) is 4.74 Å². The topological polar surface area (TPSA) is 46.6 Å². The number of amides is 2. The van der Waals surface area contributed by atoms with E-state index in [-0.39, 0.29) is 23.8 Å². The van der Waals surface area contributed by atoms with E-state index in [1.165, 1.54) is 32.2 Å². The number of hydrogen-bond acceptors (Lipinski definition) is 4. The van der Waals surface area contributed by atoms with Crippen molar-refractivity contribution in [3.8, 4) is 16.2 Å². The van der Waals surface area contributed by atoms with Crippen LogP contribution in [0.1, 0.15) is 65.1 Å². The first-order valence-corrected chi connectivity index (χ1v) is 20.9. The van der Waals surface area contributed by atoms with Crippen molar-refractivity contribution >= 4 is 52.4 Å². The number of carbonyl (C=O) groups excluding carboxylic acids is 2. The minimum absolute atomic E-state index is 0.117. The normalized spacial score (nSPS) is 17.2. The fourth-order valence-electron chi connectivity index (χ4n) is 6.62. The van der Waals surface area contributed by atoms with E-state index in [9.17, 15) is 9.59 Å². The zero-order chi connectivity index (χ0) is 36.1. The fraction of sp³-hybridized carbons (Fsp3) is 0.205. The van der Waals surface area contributed by atoms with Gasteiger partial charge in [0.05, 0.1) is 0 Å². The fourth-order valence-corrected chi connectivity index (χ4v) is 13.5. The third kappa shape index (κ3) is 6.79. The van der Waals surface area contributed by atoms with E-state index in [0.717, 1.165) is 26.9 Å². The van der Waals surface area contributed by atoms with Crippen molar-refractivity contribution in [3.63, 3.8) is 0 Å². The zero-order valence-corrected chi connectivity index (χ0v) is 33.7. The van der Waals surface area contributed by atoms with Crippen LogP contribution in [-0.2, 0) is 22.7 Å². The second kappa shape index (κ2) is 16.0. The number of ether oxygens (including phenoxy) is 1. The summed E-state index contributed by atoms with van der Waals surface area (Å²) >= 11 is 3.11. The van der Waals surface area contributed by atoms with Crippen LogP contribution in [0.25, 0.3) is 6.08 Å². The second-order valence-electron chi connectivity index (χ2n) is 12.8. The van der Waals surface area contributed by atoms with Crippen molar-refractivity contribution in [2.45, 2.75) is 40.7 Å². The van der Waals surface area contributed by atoms with Crippen LogP contribution in [0.15, 0.2) is 131 Å². The predicted molar refractivity (Wildman–Crippen MR) is 209 cm³/mol. The van der Waals surface area contributed by atoms with E-state index in [0.29, 0.717) is 29.2 Å². The molecule has 1 aromatic heterocycles. The zero-order valence-electron chi connectivity index (χ0n) is 29.4. The van der Waals surface area contributed by atoms with Crippen molar-refractivity contribution in [2.24, 2.45) is 5.92 Å². The van der Waals surface area contributed by atoms with Crippen LogP contribution in [0, 0.1) is 22.1 Å². The van der Waals surface area contributed by atoms with E-state index >= 15 is 0 Å². The molecule has 2 aliphatic heterocycles. The Labute approximate surface area is 316 Å². The molecule has 3 aromatic carbocycles. The van der Waals surface area contributed by atoms with E-state index in [1.807, 2.05) is 46.8 Å². The molecule has 0 bridgehead atoms. The summed E-state index contributed by atoms with van der Waals surface area (Å²) in [5, 5.41) is 4.57. The van der Waals surface area contributed by atoms with E-state index in [2.05, 4.69) is 119 Å². The molecule has 4 nitrogen and oxygen atoms in total. The minimum atomic E-state index is -2.57. The summed E-state index contributed by atoms with van der Waals surface area (Å²) in [6.45, 7) is 11.0. The van der Waals surface area contributed by atoms with Gasteiger partial charge in [-0.1, -0.05) is 0 Å². The molecule has 0 saturated carbocycles. The number of thiophene rings is 1. The Hall–Kier alpha value is -4.17. The Morgan fingerprint density at radius 1 is 0.824 bits per heavy atom. The molecule has 257 valence electrons. The van der Waals surface area contributed by atoms with Gasteiger partial charge < -0.3 is 0 Å². The Kier molecular flexibility index (Phi) is 11.5. The van der Waals surface area contributed by atoms with Crippen LogP contribution in [0.5, 0.6) is 0 Å². The number of carbonyl (C=O) groups is 2. The van der Waals surface area contributed by atoms with Gasteiger partial charge in [0.15, 0.2) is 0 Å². The van der Waals surface area contributed by atoms with Crippen LogP contribution in [-0.4, -0.2) is 36.0 Å². The monoisotopic (exact) mass is 885 g/mol. The van der Waals surface area contributed by atoms with Crippen LogP contribution < -0.4 is 15.9 Å². The molecule has 0 aliphatic carbocycles. The Morgan fingerprint density at radius 3 is 1.84 bits per heavy atom. The molecule has 1 atom stereocenters. The van der Waals surface area contributed by atoms with Crippen molar-refractivity contribution in [2.75, 3.05) is 13.2 Å². The van der Waals surface area contributed by atoms with Gasteiger partial charge in [0.2, 0.25) is 0 Å². The molecular weight excluding hydrogens is 844 g/mol. The van der Waals surface area contributed by atoms with Crippen molar-refractivity contribution < 1.29 is 32.3 Å². The first-order valence-electron chi connectivity index (χ1n) is 17.1. The predicted octanol–water partition coefficient (Wildman–Crippen LogP) is 8.43. The van der Waals surface area contributed by atoms with Gasteiger partial charge in [-0.3, -0.25) is 0 Å². The standard InChI is InChI=1S/C44H40NO3PS.Os/c1-7-18-39-41-42(44(47)45(43(41)46)31(5)30(3)4)40(50-39)26-25-34(27-35-29-48-28-33(35)8-2)32(6)49(36-19-12-9-13-20-36,37-21-14-10-15-22-37)38-23-16-11-17-24-38;/h7-24,27,30-31H,28-29H2,1-5H3;/q+1;/b18-7+,33-8?,34-32?,35-27?;. The van der Waals surface area contributed by atoms with Gasteiger partial charge in [0.1, 0.15) is 0 Å². The molecule has 1 fully saturated rings. The van der Waals surface area contributed by atoms with Gasteiger partial charge in [-0.15, -0.1) is 0 Å². The second-order valence-corrected chi connectivity index (χ2v) is 17.8. The molecule has 4 aromatic rings. The Bertz CT molecular complexity index is 2100. The van der Waals surface area contributed by atoms with Crippen LogP contribution in [0.2, 0.25) is 0 Å². The summed E-state index contributed by atoms with van der Waals surface area (Å²) in [6.07, 6.45) is 8.08. The van der Waals surface area contributed by atoms with Gasteiger partial charge in [-0.05, 0) is 0 Å². The number of rotatable bonds is 8. The van der Waals surface area contributed by atoms with Gasteiger partial charge in [0, 0.05) is 0 Å². The molecular formula is C44H40NO3OsPS+. The van der Waals surface area contributed by atoms with Crippen molar-refractivity contribution in [1.82, 2.24) is 4.90 Å². The molecule has 1 saturated heterocycles. The molecule has 2 amide bonds. The van der Waals surface area contributed by atoms with E-state index in [1.54, 1.807) is 17.9 Å². The SMILES string of the molecule is CC=C1COCC1=CC(C#Cc1sc(/C=C/C)c2c1C(=O)N(C(C)C(C)C)C2=O)=C([C]#[Os])[P+](c1ccccc1)(c1ccccc1)c1ccccc1. The number of imide groups is 1. The third-order valence-corrected chi connectivity index (χ3v) is 16.0. The molecule has 0 N–H and O–H groups in total. The van der Waals surface area contributed by atoms with Crippen molar-refractivity contribution in [1.29, 1.82) is 0 Å². The number of fused-ring (bicyclic) bond motifs is 1. The average molecular weight is 884 g/mol. The molecule has 7 heteroatoms. The average Bonchev–Trinajstić information content (AvgIpc) is 3.84. The number of benzene rings is 3. The maximum absolute atomic E-state index is 14.1. The van der Waals surface area contributed by atoms with Crippen molar-refractivity contribution in [3.05, 3.63) is 152 Å². The van der Waals surface area contributed by atoms with Crippen LogP contribution in [0.3, 0.4) is 0 Å². The van der Waals surface area contributed by atoms with Gasteiger partial charge in [-0.25, -0.2) is 0 Å². The Balaban J connectivity index is 1.70. The molecule has 6 rings (SSSR count). The first-order chi connectivity index (χ1) is 24.8. The summed E-state index contributed by atoms with van der Waals surface area (Å²) in [5.74, 6) is 6.67. The van der Waals surface area contributed by atoms with Crippen LogP contribution >= 0.6 is 18.6 Å². The molecule has 0 spiro atoms. The molecule has 51 heavy (non-hydrogen) atoms. The number of hydrogen-bond donors (Lipinski definition) is 0. The summed E-state index contributed by atoms with van der Waals surface area (Å²) in [4.78, 5) is 30.7. The number of nitrogens with zero attached hydrogens (tertiary/aromatic N) is 1. The molecule has 2 aliphatic rings. The molecule has 1 unspecified atom stereocenters.